The van der Waals surface area contributed by atoms with E-state index in [1.807, 2.05) is 0 Å². The van der Waals surface area contributed by atoms with Gasteiger partial charge in [0.1, 0.15) is 9.84 Å². The van der Waals surface area contributed by atoms with Gasteiger partial charge in [0.15, 0.2) is 0 Å². The van der Waals surface area contributed by atoms with E-state index in [0.29, 0.717) is 5.33 Å². The average Bonchev–Trinajstić information content (AvgIpc) is 2.13. The number of methoxy groups -OCH3 is 1. The second-order valence-electron chi connectivity index (χ2n) is 3.37. The van der Waals surface area contributed by atoms with Crippen LogP contribution in [0.2, 0.25) is 0 Å². The molecule has 0 amide bonds. The van der Waals surface area contributed by atoms with Crippen molar-refractivity contribution in [2.75, 3.05) is 36.8 Å². The van der Waals surface area contributed by atoms with Crippen molar-refractivity contribution in [1.82, 2.24) is 4.72 Å². The molecule has 0 aliphatic rings. The molecular formula is C7H16BrNO5S2. The predicted octanol–water partition coefficient (Wildman–Crippen LogP) is -0.640. The van der Waals surface area contributed by atoms with Gasteiger partial charge in [0.2, 0.25) is 10.0 Å². The van der Waals surface area contributed by atoms with Gasteiger partial charge in [-0.05, 0) is 0 Å². The quantitative estimate of drug-likeness (QED) is 0.595. The van der Waals surface area contributed by atoms with Crippen molar-refractivity contribution in [2.45, 2.75) is 6.04 Å². The van der Waals surface area contributed by atoms with Crippen molar-refractivity contribution in [2.24, 2.45) is 0 Å². The van der Waals surface area contributed by atoms with E-state index < -0.39 is 31.7 Å². The van der Waals surface area contributed by atoms with Gasteiger partial charge in [-0.3, -0.25) is 0 Å². The Morgan fingerprint density at radius 3 is 2.19 bits per heavy atom. The Balaban J connectivity index is 4.34. The first-order valence-corrected chi connectivity index (χ1v) is 9.26. The highest BCUT2D eigenvalue weighted by Crippen LogP contribution is 1.97. The summed E-state index contributed by atoms with van der Waals surface area (Å²) in [5, 5.41) is 0.402. The van der Waals surface area contributed by atoms with E-state index in [0.717, 1.165) is 6.26 Å². The molecule has 1 N–H and O–H groups in total. The minimum absolute atomic E-state index is 0.226. The monoisotopic (exact) mass is 337 g/mol. The molecule has 1 unspecified atom stereocenters. The lowest BCUT2D eigenvalue weighted by Gasteiger charge is -2.14. The largest absolute Gasteiger partial charge is 0.383 e. The third-order valence-electron chi connectivity index (χ3n) is 1.62. The molecule has 0 aromatic heterocycles. The third kappa shape index (κ3) is 8.45. The third-order valence-corrected chi connectivity index (χ3v) is 5.04. The maximum Gasteiger partial charge on any atom is 0.212 e. The summed E-state index contributed by atoms with van der Waals surface area (Å²) in [4.78, 5) is 0. The van der Waals surface area contributed by atoms with Crippen LogP contribution in [0.5, 0.6) is 0 Å². The van der Waals surface area contributed by atoms with Crippen molar-refractivity contribution < 1.29 is 21.6 Å². The van der Waals surface area contributed by atoms with Crippen molar-refractivity contribution >= 4 is 35.8 Å². The van der Waals surface area contributed by atoms with Crippen LogP contribution in [0.4, 0.5) is 0 Å². The fourth-order valence-electron chi connectivity index (χ4n) is 0.885. The lowest BCUT2D eigenvalue weighted by atomic mass is 10.4. The molecule has 0 fully saturated rings. The second-order valence-corrected chi connectivity index (χ2v) is 8.15. The van der Waals surface area contributed by atoms with Crippen molar-refractivity contribution in [1.29, 1.82) is 0 Å². The zero-order valence-corrected chi connectivity index (χ0v) is 12.4. The molecule has 0 aromatic carbocycles. The van der Waals surface area contributed by atoms with Crippen LogP contribution in [-0.2, 0) is 24.6 Å². The SMILES string of the molecule is COCC(CBr)NS(=O)(=O)CCS(C)(=O)=O. The molecule has 0 saturated carbocycles. The molecule has 9 heteroatoms. The number of ether oxygens (including phenoxy) is 1. The first kappa shape index (κ1) is 16.3. The highest BCUT2D eigenvalue weighted by Gasteiger charge is 2.18. The fraction of sp³-hybridized carbons (Fsp3) is 1.00. The zero-order valence-electron chi connectivity index (χ0n) is 9.14. The molecule has 0 aliphatic carbocycles. The molecule has 6 nitrogen and oxygen atoms in total. The summed E-state index contributed by atoms with van der Waals surface area (Å²) in [5.74, 6) is -0.816. The minimum atomic E-state index is -3.59. The Morgan fingerprint density at radius 1 is 1.25 bits per heavy atom. The van der Waals surface area contributed by atoms with Gasteiger partial charge in [-0.2, -0.15) is 0 Å². The number of alkyl halides is 1. The number of sulfonamides is 1. The van der Waals surface area contributed by atoms with E-state index in [1.165, 1.54) is 7.11 Å². The summed E-state index contributed by atoms with van der Waals surface area (Å²) < 4.78 is 51.8. The highest BCUT2D eigenvalue weighted by atomic mass is 79.9. The maximum atomic E-state index is 11.5. The van der Waals surface area contributed by atoms with Crippen LogP contribution in [-0.4, -0.2) is 59.7 Å². The van der Waals surface area contributed by atoms with Gasteiger partial charge in [0.05, 0.1) is 24.2 Å². The van der Waals surface area contributed by atoms with E-state index in [1.54, 1.807) is 0 Å². The van der Waals surface area contributed by atoms with Crippen molar-refractivity contribution in [3.05, 3.63) is 0 Å². The first-order chi connectivity index (χ1) is 7.20. The fourth-order valence-corrected chi connectivity index (χ4v) is 4.31. The first-order valence-electron chi connectivity index (χ1n) is 4.43. The Bertz CT molecular complexity index is 391. The van der Waals surface area contributed by atoms with Crippen LogP contribution in [0, 0.1) is 0 Å². The van der Waals surface area contributed by atoms with E-state index in [2.05, 4.69) is 20.7 Å². The molecule has 0 bridgehead atoms. The molecule has 98 valence electrons. The van der Waals surface area contributed by atoms with Crippen molar-refractivity contribution in [3.8, 4) is 0 Å². The number of rotatable bonds is 8. The van der Waals surface area contributed by atoms with E-state index >= 15 is 0 Å². The van der Waals surface area contributed by atoms with E-state index in [9.17, 15) is 16.8 Å². The van der Waals surface area contributed by atoms with Crippen molar-refractivity contribution in [3.63, 3.8) is 0 Å². The summed E-state index contributed by atoms with van der Waals surface area (Å²) in [7, 11) is -5.40. The summed E-state index contributed by atoms with van der Waals surface area (Å²) in [6, 6.07) is -0.394. The summed E-state index contributed by atoms with van der Waals surface area (Å²) >= 11 is 3.13. The summed E-state index contributed by atoms with van der Waals surface area (Å²) in [6.07, 6.45) is 1.000. The number of hydrogen-bond donors (Lipinski definition) is 1. The van der Waals surface area contributed by atoms with Crippen LogP contribution in [0.1, 0.15) is 0 Å². The van der Waals surface area contributed by atoms with Gasteiger partial charge in [0, 0.05) is 18.7 Å². The van der Waals surface area contributed by atoms with Gasteiger partial charge < -0.3 is 4.74 Å². The van der Waals surface area contributed by atoms with E-state index in [-0.39, 0.29) is 12.4 Å². The van der Waals surface area contributed by atoms with Gasteiger partial charge in [-0.25, -0.2) is 21.6 Å². The lowest BCUT2D eigenvalue weighted by molar-refractivity contribution is 0.182. The van der Waals surface area contributed by atoms with E-state index in [4.69, 9.17) is 4.74 Å². The molecule has 0 spiro atoms. The van der Waals surface area contributed by atoms with Gasteiger partial charge >= 0.3 is 0 Å². The lowest BCUT2D eigenvalue weighted by Crippen LogP contribution is -2.41. The van der Waals surface area contributed by atoms with Crippen LogP contribution < -0.4 is 4.72 Å². The topological polar surface area (TPSA) is 89.5 Å². The molecule has 1 atom stereocenters. The van der Waals surface area contributed by atoms with Crippen LogP contribution in [0.15, 0.2) is 0 Å². The highest BCUT2D eigenvalue weighted by molar-refractivity contribution is 9.09. The Hall–Kier alpha value is 0.300. The summed E-state index contributed by atoms with van der Waals surface area (Å²) in [6.45, 7) is 0.226. The molecule has 0 radical (unpaired) electrons. The maximum absolute atomic E-state index is 11.5. The molecule has 16 heavy (non-hydrogen) atoms. The Labute approximate surface area is 105 Å². The van der Waals surface area contributed by atoms with Gasteiger partial charge in [0.25, 0.3) is 0 Å². The Morgan fingerprint density at radius 2 is 1.81 bits per heavy atom. The van der Waals surface area contributed by atoms with Crippen LogP contribution >= 0.6 is 15.9 Å². The minimum Gasteiger partial charge on any atom is -0.383 e. The number of nitrogens with one attached hydrogen (secondary N) is 1. The molecule has 0 saturated heterocycles. The number of hydrogen-bond acceptors (Lipinski definition) is 5. The Kier molecular flexibility index (Phi) is 7.03. The number of sulfone groups is 1. The van der Waals surface area contributed by atoms with Crippen LogP contribution in [0.25, 0.3) is 0 Å². The smallest absolute Gasteiger partial charge is 0.212 e. The second kappa shape index (κ2) is 6.90. The molecule has 0 aliphatic heterocycles. The molecular weight excluding hydrogens is 322 g/mol. The molecule has 0 aromatic rings. The molecule has 0 rings (SSSR count). The predicted molar refractivity (Wildman–Crippen MR) is 66.1 cm³/mol. The standard InChI is InChI=1S/C7H16BrNO5S2/c1-14-6-7(5-8)9-16(12,13)4-3-15(2,10)11/h7,9H,3-6H2,1-2H3. The van der Waals surface area contributed by atoms with Gasteiger partial charge in [-0.15, -0.1) is 0 Å². The normalized spacial score (nSPS) is 14.9. The number of halogens is 1. The zero-order chi connectivity index (χ0) is 12.8. The van der Waals surface area contributed by atoms with Gasteiger partial charge in [-0.1, -0.05) is 15.9 Å². The molecule has 0 heterocycles. The van der Waals surface area contributed by atoms with Crippen LogP contribution in [0.3, 0.4) is 0 Å². The average molecular weight is 338 g/mol. The summed E-state index contributed by atoms with van der Waals surface area (Å²) in [5.41, 5.74) is 0.